The quantitative estimate of drug-likeness (QED) is 0.880. The standard InChI is InChI=1S/C13H10ClNO3S/c14-10-6-7-11-12(8-10)18-19(16,17)15-13(11)9-4-2-1-3-5-9/h1-8,13,15H/t13-/m1/s1. The molecule has 1 aliphatic heterocycles. The maximum atomic E-state index is 11.7. The predicted molar refractivity (Wildman–Crippen MR) is 72.4 cm³/mol. The molecule has 0 aromatic heterocycles. The minimum Gasteiger partial charge on any atom is -0.370 e. The van der Waals surface area contributed by atoms with Gasteiger partial charge in [-0.3, -0.25) is 0 Å². The topological polar surface area (TPSA) is 55.4 Å². The first-order valence-corrected chi connectivity index (χ1v) is 7.40. The fourth-order valence-electron chi connectivity index (χ4n) is 2.06. The van der Waals surface area contributed by atoms with E-state index in [1.165, 1.54) is 6.07 Å². The highest BCUT2D eigenvalue weighted by atomic mass is 35.5. The zero-order valence-corrected chi connectivity index (χ0v) is 11.3. The molecule has 0 saturated heterocycles. The van der Waals surface area contributed by atoms with Crippen LogP contribution in [-0.2, 0) is 10.3 Å². The number of hydrogen-bond acceptors (Lipinski definition) is 3. The van der Waals surface area contributed by atoms with Crippen LogP contribution in [0.4, 0.5) is 0 Å². The van der Waals surface area contributed by atoms with Gasteiger partial charge in [-0.05, 0) is 11.6 Å². The Kier molecular flexibility index (Phi) is 2.97. The first kappa shape index (κ1) is 12.5. The van der Waals surface area contributed by atoms with E-state index in [0.29, 0.717) is 5.02 Å². The fourth-order valence-corrected chi connectivity index (χ4v) is 3.20. The first-order valence-electron chi connectivity index (χ1n) is 5.61. The lowest BCUT2D eigenvalue weighted by atomic mass is 9.99. The van der Waals surface area contributed by atoms with Gasteiger partial charge in [-0.2, -0.15) is 13.1 Å². The summed E-state index contributed by atoms with van der Waals surface area (Å²) in [4.78, 5) is 0. The van der Waals surface area contributed by atoms with Crippen molar-refractivity contribution in [1.82, 2.24) is 4.72 Å². The van der Waals surface area contributed by atoms with Gasteiger partial charge in [-0.1, -0.05) is 48.0 Å². The average molecular weight is 296 g/mol. The van der Waals surface area contributed by atoms with Gasteiger partial charge in [0, 0.05) is 16.7 Å². The molecule has 1 N–H and O–H groups in total. The number of rotatable bonds is 1. The number of hydrogen-bond donors (Lipinski definition) is 1. The summed E-state index contributed by atoms with van der Waals surface area (Å²) in [5.74, 6) is 0.264. The Morgan fingerprint density at radius 3 is 2.58 bits per heavy atom. The summed E-state index contributed by atoms with van der Waals surface area (Å²) >= 11 is 5.87. The van der Waals surface area contributed by atoms with Crippen molar-refractivity contribution in [3.8, 4) is 5.75 Å². The van der Waals surface area contributed by atoms with Crippen LogP contribution in [0, 0.1) is 0 Å². The Hall–Kier alpha value is -1.56. The second-order valence-corrected chi connectivity index (χ2v) is 5.93. The Labute approximate surface area is 116 Å². The second kappa shape index (κ2) is 4.52. The van der Waals surface area contributed by atoms with Crippen molar-refractivity contribution >= 4 is 21.9 Å². The van der Waals surface area contributed by atoms with Crippen LogP contribution in [-0.4, -0.2) is 8.42 Å². The summed E-state index contributed by atoms with van der Waals surface area (Å²) in [6.45, 7) is 0. The molecule has 1 aliphatic rings. The Balaban J connectivity index is 2.17. The van der Waals surface area contributed by atoms with Crippen molar-refractivity contribution < 1.29 is 12.6 Å². The molecule has 4 nitrogen and oxygen atoms in total. The van der Waals surface area contributed by atoms with Gasteiger partial charge in [-0.15, -0.1) is 0 Å². The molecule has 3 rings (SSSR count). The molecular weight excluding hydrogens is 286 g/mol. The fraction of sp³-hybridized carbons (Fsp3) is 0.0769. The minimum atomic E-state index is -3.82. The van der Waals surface area contributed by atoms with Gasteiger partial charge in [-0.25, -0.2) is 0 Å². The molecule has 1 atom stereocenters. The third-order valence-corrected chi connectivity index (χ3v) is 4.04. The largest absolute Gasteiger partial charge is 0.383 e. The Morgan fingerprint density at radius 2 is 1.84 bits per heavy atom. The third-order valence-electron chi connectivity index (χ3n) is 2.88. The van der Waals surface area contributed by atoms with Crippen molar-refractivity contribution in [3.05, 3.63) is 64.7 Å². The van der Waals surface area contributed by atoms with Crippen molar-refractivity contribution in [3.63, 3.8) is 0 Å². The van der Waals surface area contributed by atoms with Gasteiger partial charge >= 0.3 is 10.3 Å². The zero-order chi connectivity index (χ0) is 13.5. The van der Waals surface area contributed by atoms with Crippen molar-refractivity contribution in [1.29, 1.82) is 0 Å². The third kappa shape index (κ3) is 2.45. The van der Waals surface area contributed by atoms with E-state index in [1.807, 2.05) is 30.3 Å². The molecule has 0 radical (unpaired) electrons. The first-order chi connectivity index (χ1) is 9.05. The highest BCUT2D eigenvalue weighted by molar-refractivity contribution is 7.85. The number of fused-ring (bicyclic) bond motifs is 1. The van der Waals surface area contributed by atoms with Crippen molar-refractivity contribution in [2.75, 3.05) is 0 Å². The molecule has 0 fully saturated rings. The number of nitrogens with one attached hydrogen (secondary N) is 1. The van der Waals surface area contributed by atoms with Gasteiger partial charge in [0.15, 0.2) is 5.75 Å². The number of halogens is 1. The lowest BCUT2D eigenvalue weighted by molar-refractivity contribution is 0.442. The van der Waals surface area contributed by atoms with Gasteiger partial charge < -0.3 is 4.18 Å². The van der Waals surface area contributed by atoms with Crippen LogP contribution in [0.2, 0.25) is 5.02 Å². The monoisotopic (exact) mass is 295 g/mol. The van der Waals surface area contributed by atoms with E-state index in [4.69, 9.17) is 15.8 Å². The van der Waals surface area contributed by atoms with Crippen molar-refractivity contribution in [2.45, 2.75) is 6.04 Å². The molecule has 0 bridgehead atoms. The molecular formula is C13H10ClNO3S. The second-order valence-electron chi connectivity index (χ2n) is 4.18. The van der Waals surface area contributed by atoms with Crippen LogP contribution in [0.25, 0.3) is 0 Å². The summed E-state index contributed by atoms with van der Waals surface area (Å²) in [7, 11) is -3.82. The van der Waals surface area contributed by atoms with E-state index in [9.17, 15) is 8.42 Å². The summed E-state index contributed by atoms with van der Waals surface area (Å²) < 4.78 is 30.9. The molecule has 0 amide bonds. The van der Waals surface area contributed by atoms with Gasteiger partial charge in [0.2, 0.25) is 0 Å². The maximum Gasteiger partial charge on any atom is 0.383 e. The van der Waals surface area contributed by atoms with E-state index >= 15 is 0 Å². The Bertz CT molecular complexity index is 716. The smallest absolute Gasteiger partial charge is 0.370 e. The summed E-state index contributed by atoms with van der Waals surface area (Å²) in [5.41, 5.74) is 1.59. The lowest BCUT2D eigenvalue weighted by Crippen LogP contribution is -2.37. The normalized spacial score (nSPS) is 20.4. The molecule has 0 aliphatic carbocycles. The number of benzene rings is 2. The summed E-state index contributed by atoms with van der Waals surface area (Å²) in [6.07, 6.45) is 0. The molecule has 1 heterocycles. The van der Waals surface area contributed by atoms with Crippen LogP contribution >= 0.6 is 11.6 Å². The van der Waals surface area contributed by atoms with E-state index in [-0.39, 0.29) is 5.75 Å². The molecule has 98 valence electrons. The molecule has 6 heteroatoms. The van der Waals surface area contributed by atoms with Crippen LogP contribution in [0.15, 0.2) is 48.5 Å². The minimum absolute atomic E-state index is 0.264. The van der Waals surface area contributed by atoms with E-state index in [0.717, 1.165) is 11.1 Å². The summed E-state index contributed by atoms with van der Waals surface area (Å²) in [6, 6.07) is 13.8. The molecule has 19 heavy (non-hydrogen) atoms. The molecule has 2 aromatic rings. The molecule has 0 saturated carbocycles. The predicted octanol–water partition coefficient (Wildman–Crippen LogP) is 2.66. The molecule has 0 spiro atoms. The molecule has 0 unspecified atom stereocenters. The van der Waals surface area contributed by atoms with Crippen molar-refractivity contribution in [2.24, 2.45) is 0 Å². The van der Waals surface area contributed by atoms with E-state index in [2.05, 4.69) is 4.72 Å². The van der Waals surface area contributed by atoms with Crippen LogP contribution in [0.1, 0.15) is 17.2 Å². The van der Waals surface area contributed by atoms with Crippen LogP contribution < -0.4 is 8.91 Å². The van der Waals surface area contributed by atoms with Gasteiger partial charge in [0.25, 0.3) is 0 Å². The zero-order valence-electron chi connectivity index (χ0n) is 9.71. The molecule has 2 aromatic carbocycles. The van der Waals surface area contributed by atoms with Gasteiger partial charge in [0.05, 0.1) is 6.04 Å². The average Bonchev–Trinajstić information content (AvgIpc) is 2.37. The summed E-state index contributed by atoms with van der Waals surface area (Å²) in [5, 5.41) is 0.433. The van der Waals surface area contributed by atoms with E-state index in [1.54, 1.807) is 12.1 Å². The highest BCUT2D eigenvalue weighted by Gasteiger charge is 2.31. The van der Waals surface area contributed by atoms with Gasteiger partial charge in [0.1, 0.15) is 0 Å². The highest BCUT2D eigenvalue weighted by Crippen LogP contribution is 2.36. The Morgan fingerprint density at radius 1 is 1.11 bits per heavy atom. The SMILES string of the molecule is O=S1(=O)N[C@H](c2ccccc2)c2ccc(Cl)cc2O1. The van der Waals surface area contributed by atoms with Crippen LogP contribution in [0.5, 0.6) is 5.75 Å². The van der Waals surface area contributed by atoms with E-state index < -0.39 is 16.3 Å². The lowest BCUT2D eigenvalue weighted by Gasteiger charge is -2.26. The van der Waals surface area contributed by atoms with Crippen LogP contribution in [0.3, 0.4) is 0 Å². The maximum absolute atomic E-state index is 11.7.